The summed E-state index contributed by atoms with van der Waals surface area (Å²) >= 11 is 0. The molecule has 0 radical (unpaired) electrons. The van der Waals surface area contributed by atoms with Crippen LogP contribution in [-0.4, -0.2) is 34.7 Å². The number of hydrogen-bond donors (Lipinski definition) is 3. The average Bonchev–Trinajstić information content (AvgIpc) is 2.29. The number of rotatable bonds is 7. The van der Waals surface area contributed by atoms with Gasteiger partial charge in [-0.1, -0.05) is 0 Å². The lowest BCUT2D eigenvalue weighted by molar-refractivity contribution is -0.384. The van der Waals surface area contributed by atoms with Crippen molar-refractivity contribution in [2.24, 2.45) is 0 Å². The second kappa shape index (κ2) is 6.64. The van der Waals surface area contributed by atoms with Crippen molar-refractivity contribution in [2.75, 3.05) is 30.3 Å². The zero-order valence-corrected chi connectivity index (χ0v) is 9.64. The Hall–Kier alpha value is -1.89. The highest BCUT2D eigenvalue weighted by Crippen LogP contribution is 2.20. The molecule has 1 aromatic heterocycles. The summed E-state index contributed by atoms with van der Waals surface area (Å²) in [7, 11) is 0. The van der Waals surface area contributed by atoms with E-state index >= 15 is 0 Å². The summed E-state index contributed by atoms with van der Waals surface area (Å²) in [6.45, 7) is 3.13. The summed E-state index contributed by atoms with van der Waals surface area (Å²) in [5.74, 6) is 0.900. The highest BCUT2D eigenvalue weighted by atomic mass is 16.6. The number of anilines is 2. The van der Waals surface area contributed by atoms with Gasteiger partial charge in [-0.3, -0.25) is 10.1 Å². The Kier molecular flexibility index (Phi) is 5.15. The Bertz CT molecular complexity index is 384. The zero-order chi connectivity index (χ0) is 12.7. The molecule has 0 aromatic carbocycles. The van der Waals surface area contributed by atoms with Gasteiger partial charge in [-0.05, 0) is 13.3 Å². The lowest BCUT2D eigenvalue weighted by atomic mass is 10.3. The van der Waals surface area contributed by atoms with Crippen molar-refractivity contribution in [2.45, 2.75) is 13.3 Å². The Morgan fingerprint density at radius 3 is 2.59 bits per heavy atom. The summed E-state index contributed by atoms with van der Waals surface area (Å²) in [5.41, 5.74) is -0.0116. The minimum Gasteiger partial charge on any atom is -0.396 e. The fraction of sp³-hybridized carbons (Fsp3) is 0.500. The third-order valence-electron chi connectivity index (χ3n) is 2.02. The van der Waals surface area contributed by atoms with Crippen LogP contribution in [-0.2, 0) is 0 Å². The lowest BCUT2D eigenvalue weighted by Crippen LogP contribution is -2.08. The molecular weight excluding hydrogens is 224 g/mol. The Morgan fingerprint density at radius 2 is 2.06 bits per heavy atom. The number of pyridine rings is 1. The van der Waals surface area contributed by atoms with Gasteiger partial charge in [0, 0.05) is 19.7 Å². The van der Waals surface area contributed by atoms with E-state index in [0.29, 0.717) is 31.1 Å². The third-order valence-corrected chi connectivity index (χ3v) is 2.02. The molecule has 0 spiro atoms. The highest BCUT2D eigenvalue weighted by Gasteiger charge is 2.10. The summed E-state index contributed by atoms with van der Waals surface area (Å²) in [6, 6.07) is 2.76. The first-order chi connectivity index (χ1) is 8.17. The molecule has 0 aliphatic carbocycles. The van der Waals surface area contributed by atoms with E-state index in [0.717, 1.165) is 0 Å². The van der Waals surface area contributed by atoms with Crippen LogP contribution in [0.3, 0.4) is 0 Å². The first-order valence-electron chi connectivity index (χ1n) is 5.42. The van der Waals surface area contributed by atoms with Crippen LogP contribution in [0.1, 0.15) is 13.3 Å². The minimum absolute atomic E-state index is 0.0116. The molecule has 17 heavy (non-hydrogen) atoms. The number of aromatic nitrogens is 1. The molecule has 0 aliphatic heterocycles. The van der Waals surface area contributed by atoms with Crippen LogP contribution in [0.4, 0.5) is 17.3 Å². The van der Waals surface area contributed by atoms with Crippen molar-refractivity contribution >= 4 is 17.3 Å². The number of nitrogens with zero attached hydrogens (tertiary/aromatic N) is 2. The number of nitro groups is 1. The second-order valence-electron chi connectivity index (χ2n) is 3.39. The third kappa shape index (κ3) is 4.23. The normalized spacial score (nSPS) is 10.0. The number of aliphatic hydroxyl groups excluding tert-OH is 1. The zero-order valence-electron chi connectivity index (χ0n) is 9.64. The first-order valence-corrected chi connectivity index (χ1v) is 5.42. The van der Waals surface area contributed by atoms with E-state index < -0.39 is 4.92 Å². The predicted octanol–water partition coefficient (Wildman–Crippen LogP) is 1.22. The maximum atomic E-state index is 10.7. The van der Waals surface area contributed by atoms with E-state index in [-0.39, 0.29) is 12.3 Å². The molecule has 1 aromatic rings. The van der Waals surface area contributed by atoms with E-state index in [2.05, 4.69) is 15.6 Å². The van der Waals surface area contributed by atoms with Crippen LogP contribution in [0.15, 0.2) is 12.1 Å². The van der Waals surface area contributed by atoms with Crippen molar-refractivity contribution in [1.82, 2.24) is 4.98 Å². The number of hydrogen-bond acceptors (Lipinski definition) is 6. The first kappa shape index (κ1) is 13.2. The molecule has 7 nitrogen and oxygen atoms in total. The van der Waals surface area contributed by atoms with E-state index in [1.165, 1.54) is 12.1 Å². The van der Waals surface area contributed by atoms with Gasteiger partial charge in [0.25, 0.3) is 5.69 Å². The van der Waals surface area contributed by atoms with Crippen molar-refractivity contribution in [3.8, 4) is 0 Å². The molecule has 0 atom stereocenters. The molecule has 0 saturated heterocycles. The van der Waals surface area contributed by atoms with Crippen molar-refractivity contribution in [3.63, 3.8) is 0 Å². The van der Waals surface area contributed by atoms with Gasteiger partial charge >= 0.3 is 0 Å². The molecular formula is C10H16N4O3. The maximum absolute atomic E-state index is 10.7. The predicted molar refractivity (Wildman–Crippen MR) is 65.2 cm³/mol. The summed E-state index contributed by atoms with van der Waals surface area (Å²) < 4.78 is 0. The maximum Gasteiger partial charge on any atom is 0.276 e. The lowest BCUT2D eigenvalue weighted by Gasteiger charge is -2.07. The van der Waals surface area contributed by atoms with Gasteiger partial charge in [0.15, 0.2) is 0 Å². The molecule has 3 N–H and O–H groups in total. The number of nitrogens with one attached hydrogen (secondary N) is 2. The quantitative estimate of drug-likeness (QED) is 0.376. The van der Waals surface area contributed by atoms with E-state index in [1.807, 2.05) is 6.92 Å². The molecule has 0 unspecified atom stereocenters. The summed E-state index contributed by atoms with van der Waals surface area (Å²) in [4.78, 5) is 14.4. The van der Waals surface area contributed by atoms with Crippen LogP contribution in [0.5, 0.6) is 0 Å². The van der Waals surface area contributed by atoms with E-state index in [9.17, 15) is 10.1 Å². The molecule has 0 amide bonds. The van der Waals surface area contributed by atoms with Crippen molar-refractivity contribution in [1.29, 1.82) is 0 Å². The van der Waals surface area contributed by atoms with Gasteiger partial charge in [-0.2, -0.15) is 0 Å². The fourth-order valence-corrected chi connectivity index (χ4v) is 1.28. The molecule has 0 saturated carbocycles. The molecule has 7 heteroatoms. The summed E-state index contributed by atoms with van der Waals surface area (Å²) in [6.07, 6.45) is 0.570. The molecule has 0 aliphatic rings. The van der Waals surface area contributed by atoms with Gasteiger partial charge in [-0.15, -0.1) is 0 Å². The van der Waals surface area contributed by atoms with Crippen molar-refractivity contribution in [3.05, 3.63) is 22.2 Å². The van der Waals surface area contributed by atoms with Gasteiger partial charge in [0.1, 0.15) is 11.6 Å². The monoisotopic (exact) mass is 240 g/mol. The Balaban J connectivity index is 2.83. The smallest absolute Gasteiger partial charge is 0.276 e. The minimum atomic E-state index is -0.459. The topological polar surface area (TPSA) is 100 Å². The van der Waals surface area contributed by atoms with Crippen LogP contribution in [0.2, 0.25) is 0 Å². The Morgan fingerprint density at radius 1 is 1.41 bits per heavy atom. The molecule has 1 rings (SSSR count). The second-order valence-corrected chi connectivity index (χ2v) is 3.39. The van der Waals surface area contributed by atoms with Crippen LogP contribution < -0.4 is 10.6 Å². The van der Waals surface area contributed by atoms with Gasteiger partial charge in [-0.25, -0.2) is 4.98 Å². The van der Waals surface area contributed by atoms with Gasteiger partial charge in [0.2, 0.25) is 0 Å². The van der Waals surface area contributed by atoms with E-state index in [4.69, 9.17) is 5.11 Å². The molecule has 94 valence electrons. The van der Waals surface area contributed by atoms with Crippen LogP contribution >= 0.6 is 0 Å². The summed E-state index contributed by atoms with van der Waals surface area (Å²) in [5, 5.41) is 25.2. The Labute approximate surface area is 99.0 Å². The fourth-order valence-electron chi connectivity index (χ4n) is 1.28. The molecule has 1 heterocycles. The van der Waals surface area contributed by atoms with Crippen LogP contribution in [0.25, 0.3) is 0 Å². The molecule has 0 fully saturated rings. The SMILES string of the molecule is CCNc1cc([N+](=O)[O-])cc(NCCCO)n1. The van der Waals surface area contributed by atoms with Gasteiger partial charge < -0.3 is 15.7 Å². The number of aliphatic hydroxyl groups is 1. The molecule has 0 bridgehead atoms. The highest BCUT2D eigenvalue weighted by molar-refractivity contribution is 5.54. The van der Waals surface area contributed by atoms with E-state index in [1.54, 1.807) is 0 Å². The largest absolute Gasteiger partial charge is 0.396 e. The van der Waals surface area contributed by atoms with Gasteiger partial charge in [0.05, 0.1) is 17.1 Å². The standard InChI is InChI=1S/C10H16N4O3/c1-2-11-9-6-8(14(16)17)7-10(13-9)12-4-3-5-15/h6-7,15H,2-5H2,1H3,(H2,11,12,13). The van der Waals surface area contributed by atoms with Crippen LogP contribution in [0, 0.1) is 10.1 Å². The average molecular weight is 240 g/mol. The van der Waals surface area contributed by atoms with Crippen molar-refractivity contribution < 1.29 is 10.0 Å².